The van der Waals surface area contributed by atoms with Crippen molar-refractivity contribution in [3.63, 3.8) is 0 Å². The zero-order valence-corrected chi connectivity index (χ0v) is 11.3. The monoisotopic (exact) mass is 212 g/mol. The third-order valence-electron chi connectivity index (χ3n) is 1.13. The summed E-state index contributed by atoms with van der Waals surface area (Å²) in [5.74, 6) is -2.15. The molecule has 2 N–H and O–H groups in total. The van der Waals surface area contributed by atoms with Gasteiger partial charge in [0, 0.05) is 0 Å². The fraction of sp³-hybridized carbons (Fsp3) is 0.500. The average Bonchev–Trinajstić information content (AvgIpc) is 2.02. The van der Waals surface area contributed by atoms with Gasteiger partial charge < -0.3 is 10.2 Å². The average molecular weight is 212 g/mol. The summed E-state index contributed by atoms with van der Waals surface area (Å²) in [6, 6.07) is 0. The van der Waals surface area contributed by atoms with Gasteiger partial charge in [0.2, 0.25) is 0 Å². The molecule has 0 fully saturated rings. The van der Waals surface area contributed by atoms with Crippen LogP contribution in [0.25, 0.3) is 0 Å². The SMILES string of the molecule is CC(C)=[CH][K].O=C(O)CCC(=O)O. The van der Waals surface area contributed by atoms with Gasteiger partial charge in [0.05, 0.1) is 12.8 Å². The smallest absolute Gasteiger partial charge is 0.303 e. The number of allylic oxidation sites excluding steroid dienone is 1. The first kappa shape index (κ1) is 15.8. The van der Waals surface area contributed by atoms with E-state index >= 15 is 0 Å². The molecule has 0 aliphatic rings. The molecular formula is C8H13KO4. The van der Waals surface area contributed by atoms with Gasteiger partial charge in [-0.25, -0.2) is 0 Å². The van der Waals surface area contributed by atoms with Crippen LogP contribution in [-0.4, -0.2) is 71.1 Å². The van der Waals surface area contributed by atoms with Crippen molar-refractivity contribution < 1.29 is 19.8 Å². The van der Waals surface area contributed by atoms with Gasteiger partial charge in [0.25, 0.3) is 0 Å². The Hall–Kier alpha value is 0.316. The maximum Gasteiger partial charge on any atom is 0.303 e. The molecule has 5 heteroatoms. The third kappa shape index (κ3) is 24.5. The number of carbonyl (C=O) groups is 2. The van der Waals surface area contributed by atoms with Crippen molar-refractivity contribution in [2.45, 2.75) is 26.7 Å². The molecule has 0 aliphatic carbocycles. The predicted octanol–water partition coefficient (Wildman–Crippen LogP) is 1.01. The molecule has 0 unspecified atom stereocenters. The summed E-state index contributed by atoms with van der Waals surface area (Å²) < 4.78 is 2.27. The first-order valence-corrected chi connectivity index (χ1v) is 5.73. The molecule has 0 amide bonds. The standard InChI is InChI=1S/C4H6O4.C4H7.K/c5-3(6)1-2-4(7)8;1-4(2)3;/h1-2H2,(H,5,6)(H,7,8);1H,2-3H3;. The molecule has 0 saturated heterocycles. The molecule has 4 nitrogen and oxygen atoms in total. The molecule has 0 spiro atoms. The Kier molecular flexibility index (Phi) is 12.6. The van der Waals surface area contributed by atoms with Crippen LogP contribution in [-0.2, 0) is 9.59 Å². The van der Waals surface area contributed by atoms with E-state index in [9.17, 15) is 9.59 Å². The Balaban J connectivity index is 0. The molecule has 0 atom stereocenters. The second kappa shape index (κ2) is 10.4. The van der Waals surface area contributed by atoms with E-state index in [1.807, 2.05) is 0 Å². The van der Waals surface area contributed by atoms with E-state index in [1.165, 1.54) is 5.57 Å². The molecule has 0 bridgehead atoms. The predicted molar refractivity (Wildman–Crippen MR) is 49.7 cm³/mol. The van der Waals surface area contributed by atoms with Crippen LogP contribution in [0.2, 0.25) is 0 Å². The second-order valence-electron chi connectivity index (χ2n) is 2.65. The molecule has 0 aromatic heterocycles. The number of rotatable bonds is 3. The molecule has 0 aliphatic heterocycles. The summed E-state index contributed by atoms with van der Waals surface area (Å²) in [5.41, 5.74) is 1.46. The van der Waals surface area contributed by atoms with E-state index in [2.05, 4.69) is 14.0 Å². The van der Waals surface area contributed by atoms with Gasteiger partial charge in [-0.15, -0.1) is 0 Å². The van der Waals surface area contributed by atoms with E-state index in [0.717, 1.165) is 49.0 Å². The van der Waals surface area contributed by atoms with Crippen molar-refractivity contribution >= 4 is 60.9 Å². The van der Waals surface area contributed by atoms with Gasteiger partial charge in [-0.1, -0.05) is 0 Å². The first-order chi connectivity index (χ1) is 5.90. The fourth-order valence-corrected chi connectivity index (χ4v) is 0.214. The van der Waals surface area contributed by atoms with Gasteiger partial charge in [0.15, 0.2) is 0 Å². The largest absolute Gasteiger partial charge is 0.481 e. The number of aliphatic carboxylic acids is 2. The van der Waals surface area contributed by atoms with Crippen molar-refractivity contribution in [3.05, 3.63) is 5.74 Å². The maximum absolute atomic E-state index is 9.64. The molecule has 0 heterocycles. The Bertz CT molecular complexity index is 180. The van der Waals surface area contributed by atoms with Crippen LogP contribution >= 0.6 is 0 Å². The van der Waals surface area contributed by atoms with Gasteiger partial charge in [0.1, 0.15) is 0 Å². The van der Waals surface area contributed by atoms with Crippen LogP contribution in [0.4, 0.5) is 0 Å². The Morgan fingerprint density at radius 2 is 1.38 bits per heavy atom. The number of hydrogen-bond acceptors (Lipinski definition) is 2. The van der Waals surface area contributed by atoms with Crippen LogP contribution < -0.4 is 0 Å². The molecule has 0 aromatic carbocycles. The van der Waals surface area contributed by atoms with E-state index in [-0.39, 0.29) is 12.8 Å². The first-order valence-electron chi connectivity index (χ1n) is 3.93. The van der Waals surface area contributed by atoms with E-state index in [0.29, 0.717) is 0 Å². The topological polar surface area (TPSA) is 74.6 Å². The summed E-state index contributed by atoms with van der Waals surface area (Å²) in [5, 5.41) is 15.8. The zero-order valence-electron chi connectivity index (χ0n) is 8.20. The van der Waals surface area contributed by atoms with Crippen LogP contribution in [0.1, 0.15) is 26.7 Å². The normalized spacial score (nSPS) is 8.00. The molecule has 0 rings (SSSR count). The molecule has 0 saturated carbocycles. The molecule has 0 radical (unpaired) electrons. The molecular weight excluding hydrogens is 199 g/mol. The Morgan fingerprint density at radius 1 is 1.15 bits per heavy atom. The number of hydrogen-bond donors (Lipinski definition) is 2. The van der Waals surface area contributed by atoms with Crippen LogP contribution in [0.15, 0.2) is 5.74 Å². The van der Waals surface area contributed by atoms with Gasteiger partial charge in [-0.05, 0) is 0 Å². The van der Waals surface area contributed by atoms with Crippen LogP contribution in [0.5, 0.6) is 0 Å². The summed E-state index contributed by atoms with van der Waals surface area (Å²) >= 11 is 0.922. The minimum atomic E-state index is -1.08. The van der Waals surface area contributed by atoms with Crippen molar-refractivity contribution in [2.75, 3.05) is 0 Å². The third-order valence-corrected chi connectivity index (χ3v) is 2.93. The maximum atomic E-state index is 9.64. The fourth-order valence-electron chi connectivity index (χ4n) is 0.214. The van der Waals surface area contributed by atoms with Crippen molar-refractivity contribution in [1.82, 2.24) is 0 Å². The van der Waals surface area contributed by atoms with Crippen molar-refractivity contribution in [3.8, 4) is 0 Å². The minimum Gasteiger partial charge on any atom is -0.481 e. The quantitative estimate of drug-likeness (QED) is 0.685. The van der Waals surface area contributed by atoms with Gasteiger partial charge in [-0.3, -0.25) is 9.59 Å². The molecule has 0 aromatic rings. The Morgan fingerprint density at radius 3 is 1.46 bits per heavy atom. The van der Waals surface area contributed by atoms with E-state index in [4.69, 9.17) is 10.2 Å². The number of carboxylic acid groups (broad SMARTS) is 2. The van der Waals surface area contributed by atoms with E-state index < -0.39 is 11.9 Å². The summed E-state index contributed by atoms with van der Waals surface area (Å²) in [7, 11) is 0. The molecule has 13 heavy (non-hydrogen) atoms. The Labute approximate surface area is 112 Å². The summed E-state index contributed by atoms with van der Waals surface area (Å²) in [4.78, 5) is 19.3. The van der Waals surface area contributed by atoms with Crippen LogP contribution in [0.3, 0.4) is 0 Å². The van der Waals surface area contributed by atoms with Crippen molar-refractivity contribution in [1.29, 1.82) is 0 Å². The molecule has 70 valence electrons. The van der Waals surface area contributed by atoms with Crippen molar-refractivity contribution in [2.24, 2.45) is 0 Å². The minimum absolute atomic E-state index is 0.296. The second-order valence-corrected chi connectivity index (χ2v) is 3.56. The van der Waals surface area contributed by atoms with E-state index in [1.54, 1.807) is 0 Å². The number of carboxylic acids is 2. The van der Waals surface area contributed by atoms with Crippen LogP contribution in [0, 0.1) is 0 Å². The van der Waals surface area contributed by atoms with Gasteiger partial charge >= 0.3 is 80.5 Å². The zero-order chi connectivity index (χ0) is 10.9. The summed E-state index contributed by atoms with van der Waals surface area (Å²) in [6.45, 7) is 4.26. The summed E-state index contributed by atoms with van der Waals surface area (Å²) in [6.07, 6.45) is -0.593. The van der Waals surface area contributed by atoms with Gasteiger partial charge in [-0.2, -0.15) is 0 Å².